The predicted octanol–water partition coefficient (Wildman–Crippen LogP) is 1.75. The first kappa shape index (κ1) is 26.2. The van der Waals surface area contributed by atoms with Crippen LogP contribution in [0.1, 0.15) is 77.6 Å². The van der Waals surface area contributed by atoms with E-state index in [1.165, 1.54) is 25.7 Å². The summed E-state index contributed by atoms with van der Waals surface area (Å²) in [6.07, 6.45) is 11.8. The van der Waals surface area contributed by atoms with E-state index in [0.717, 1.165) is 45.3 Å². The Morgan fingerprint density at radius 3 is 2.52 bits per heavy atom. The second-order valence-corrected chi connectivity index (χ2v) is 9.55. The van der Waals surface area contributed by atoms with Crippen molar-refractivity contribution in [1.82, 2.24) is 15.5 Å². The molecule has 0 bridgehead atoms. The van der Waals surface area contributed by atoms with Gasteiger partial charge in [0.05, 0.1) is 24.8 Å². The van der Waals surface area contributed by atoms with Crippen LogP contribution >= 0.6 is 0 Å². The van der Waals surface area contributed by atoms with E-state index >= 15 is 0 Å². The summed E-state index contributed by atoms with van der Waals surface area (Å²) < 4.78 is 0. The maximum Gasteiger partial charge on any atom is 0.306 e. The molecule has 2 heterocycles. The molecule has 0 radical (unpaired) electrons. The van der Waals surface area contributed by atoms with Gasteiger partial charge in [-0.1, -0.05) is 44.9 Å². The molecule has 1 fully saturated rings. The summed E-state index contributed by atoms with van der Waals surface area (Å²) in [5.74, 6) is -0.950. The molecule has 2 aliphatic heterocycles. The highest BCUT2D eigenvalue weighted by molar-refractivity contribution is 5.68. The van der Waals surface area contributed by atoms with E-state index in [1.807, 2.05) is 6.21 Å². The minimum absolute atomic E-state index is 0.146. The number of likely N-dealkylation sites (N-methyl/N-ethyl adjacent to an activating group) is 1. The van der Waals surface area contributed by atoms with Gasteiger partial charge in [-0.3, -0.25) is 14.7 Å². The third kappa shape index (κ3) is 9.14. The van der Waals surface area contributed by atoms with Gasteiger partial charge in [0.15, 0.2) is 0 Å². The molecule has 1 saturated heterocycles. The topological polar surface area (TPSA) is 117 Å². The number of hydrogen-bond acceptors (Lipinski definition) is 7. The number of nitrogens with one attached hydrogen (secondary N) is 2. The molecule has 5 atom stereocenters. The van der Waals surface area contributed by atoms with Crippen LogP contribution in [0.2, 0.25) is 0 Å². The van der Waals surface area contributed by atoms with Crippen LogP contribution < -0.4 is 10.6 Å². The Balaban J connectivity index is 1.57. The molecule has 0 saturated carbocycles. The number of carbonyl (C=O) groups is 1. The molecular weight excluding hydrogens is 396 g/mol. The Hall–Kier alpha value is -1.06. The number of aliphatic hydroxyl groups is 2. The highest BCUT2D eigenvalue weighted by Crippen LogP contribution is 2.25. The van der Waals surface area contributed by atoms with Gasteiger partial charge in [-0.25, -0.2) is 0 Å². The van der Waals surface area contributed by atoms with Gasteiger partial charge in [-0.15, -0.1) is 0 Å². The molecule has 5 unspecified atom stereocenters. The molecule has 0 spiro atoms. The van der Waals surface area contributed by atoms with Crippen LogP contribution in [0, 0.1) is 0 Å². The lowest BCUT2D eigenvalue weighted by atomic mass is 9.87. The summed E-state index contributed by atoms with van der Waals surface area (Å²) in [7, 11) is 1.74. The van der Waals surface area contributed by atoms with Gasteiger partial charge in [-0.2, -0.15) is 0 Å². The standard InChI is InChI=1S/C23H44N4O4/c1-18-21(28)14-20(27-13-12-25-17-27)19(26-18)10-8-6-4-3-5-7-9-11-23(31,16-24-2)15-22(29)30/h12,18-21,24,26,28,31H,3-11,13-17H2,1-2H3,(H,29,30). The fourth-order valence-electron chi connectivity index (χ4n) is 5.03. The fraction of sp³-hybridized carbons (Fsp3) is 0.913. The first-order valence-corrected chi connectivity index (χ1v) is 12.1. The van der Waals surface area contributed by atoms with Crippen molar-refractivity contribution >= 4 is 12.2 Å². The Bertz CT molecular complexity index is 554. The summed E-state index contributed by atoms with van der Waals surface area (Å²) in [6.45, 7) is 4.02. The van der Waals surface area contributed by atoms with Crippen LogP contribution in [-0.4, -0.2) is 89.0 Å². The molecule has 0 aromatic heterocycles. The van der Waals surface area contributed by atoms with E-state index in [-0.39, 0.29) is 18.6 Å². The van der Waals surface area contributed by atoms with E-state index in [4.69, 9.17) is 5.11 Å². The molecule has 8 heteroatoms. The monoisotopic (exact) mass is 440 g/mol. The fourth-order valence-corrected chi connectivity index (χ4v) is 5.03. The first-order chi connectivity index (χ1) is 14.8. The number of carboxylic acid groups (broad SMARTS) is 1. The highest BCUT2D eigenvalue weighted by Gasteiger charge is 2.37. The average molecular weight is 441 g/mol. The maximum atomic E-state index is 11.0. The molecule has 0 amide bonds. The number of aliphatic carboxylic acids is 1. The lowest BCUT2D eigenvalue weighted by molar-refractivity contribution is -0.142. The smallest absolute Gasteiger partial charge is 0.306 e. The van der Waals surface area contributed by atoms with Gasteiger partial charge in [-0.05, 0) is 33.2 Å². The molecule has 0 aromatic rings. The second-order valence-electron chi connectivity index (χ2n) is 9.55. The van der Waals surface area contributed by atoms with Crippen molar-refractivity contribution in [3.63, 3.8) is 0 Å². The van der Waals surface area contributed by atoms with Crippen molar-refractivity contribution in [2.45, 2.75) is 107 Å². The number of unbranched alkanes of at least 4 members (excludes halogenated alkanes) is 6. The lowest BCUT2D eigenvalue weighted by Crippen LogP contribution is -2.60. The number of rotatable bonds is 15. The Morgan fingerprint density at radius 1 is 1.23 bits per heavy atom. The largest absolute Gasteiger partial charge is 0.481 e. The molecule has 0 aliphatic carbocycles. The average Bonchev–Trinajstić information content (AvgIpc) is 3.23. The maximum absolute atomic E-state index is 11.0. The molecule has 2 aliphatic rings. The third-order valence-electron chi connectivity index (χ3n) is 6.82. The molecule has 180 valence electrons. The SMILES string of the molecule is CNCC(O)(CCCCCCCCCC1NC(C)C(O)CC1N1CC=NC1)CC(=O)O. The van der Waals surface area contributed by atoms with Gasteiger partial charge in [0.1, 0.15) is 0 Å². The molecule has 31 heavy (non-hydrogen) atoms. The number of nitrogens with zero attached hydrogens (tertiary/aromatic N) is 2. The molecule has 0 aromatic carbocycles. The molecule has 2 rings (SSSR count). The van der Waals surface area contributed by atoms with Gasteiger partial charge in [0, 0.05) is 37.4 Å². The van der Waals surface area contributed by atoms with Crippen molar-refractivity contribution in [1.29, 1.82) is 0 Å². The Labute approximate surface area is 187 Å². The van der Waals surface area contributed by atoms with Crippen molar-refractivity contribution in [3.05, 3.63) is 0 Å². The zero-order chi connectivity index (χ0) is 22.7. The number of aliphatic imine (C=N–C) groups is 1. The number of piperidine rings is 1. The van der Waals surface area contributed by atoms with Gasteiger partial charge < -0.3 is 26.0 Å². The number of hydrogen-bond donors (Lipinski definition) is 5. The summed E-state index contributed by atoms with van der Waals surface area (Å²) in [4.78, 5) is 17.7. The van der Waals surface area contributed by atoms with Gasteiger partial charge in [0.25, 0.3) is 0 Å². The Morgan fingerprint density at radius 2 is 1.90 bits per heavy atom. The Kier molecular flexibility index (Phi) is 11.4. The van der Waals surface area contributed by atoms with Crippen LogP contribution in [0.15, 0.2) is 4.99 Å². The van der Waals surface area contributed by atoms with Crippen LogP contribution in [0.25, 0.3) is 0 Å². The zero-order valence-corrected chi connectivity index (χ0v) is 19.4. The van der Waals surface area contributed by atoms with Crippen LogP contribution in [0.3, 0.4) is 0 Å². The normalized spacial score (nSPS) is 28.6. The van der Waals surface area contributed by atoms with Crippen molar-refractivity contribution in [2.75, 3.05) is 26.8 Å². The minimum atomic E-state index is -1.14. The van der Waals surface area contributed by atoms with Crippen LogP contribution in [-0.2, 0) is 4.79 Å². The summed E-state index contributed by atoms with van der Waals surface area (Å²) >= 11 is 0. The molecular formula is C23H44N4O4. The summed E-state index contributed by atoms with van der Waals surface area (Å²) in [6, 6.07) is 0.919. The quantitative estimate of drug-likeness (QED) is 0.246. The molecule has 8 nitrogen and oxygen atoms in total. The zero-order valence-electron chi connectivity index (χ0n) is 19.4. The second kappa shape index (κ2) is 13.5. The highest BCUT2D eigenvalue weighted by atomic mass is 16.4. The van der Waals surface area contributed by atoms with E-state index in [0.29, 0.717) is 25.0 Å². The summed E-state index contributed by atoms with van der Waals surface area (Å²) in [5.41, 5.74) is -1.14. The van der Waals surface area contributed by atoms with Crippen molar-refractivity contribution in [2.24, 2.45) is 4.99 Å². The van der Waals surface area contributed by atoms with E-state index in [1.54, 1.807) is 7.05 Å². The minimum Gasteiger partial charge on any atom is -0.481 e. The summed E-state index contributed by atoms with van der Waals surface area (Å²) in [5, 5.41) is 36.2. The number of aliphatic hydroxyl groups excluding tert-OH is 1. The lowest BCUT2D eigenvalue weighted by Gasteiger charge is -2.43. The van der Waals surface area contributed by atoms with Crippen LogP contribution in [0.4, 0.5) is 0 Å². The van der Waals surface area contributed by atoms with Gasteiger partial charge >= 0.3 is 5.97 Å². The van der Waals surface area contributed by atoms with E-state index in [9.17, 15) is 15.0 Å². The molecule has 5 N–H and O–H groups in total. The van der Waals surface area contributed by atoms with Crippen LogP contribution in [0.5, 0.6) is 0 Å². The van der Waals surface area contributed by atoms with Crippen molar-refractivity contribution in [3.8, 4) is 0 Å². The van der Waals surface area contributed by atoms with E-state index < -0.39 is 11.6 Å². The van der Waals surface area contributed by atoms with Gasteiger partial charge in [0.2, 0.25) is 0 Å². The first-order valence-electron chi connectivity index (χ1n) is 12.1. The van der Waals surface area contributed by atoms with E-state index in [2.05, 4.69) is 27.4 Å². The predicted molar refractivity (Wildman–Crippen MR) is 124 cm³/mol. The third-order valence-corrected chi connectivity index (χ3v) is 6.82. The number of carboxylic acids is 1. The van der Waals surface area contributed by atoms with Crippen molar-refractivity contribution < 1.29 is 20.1 Å².